The Labute approximate surface area is 188 Å². The molecule has 0 spiro atoms. The first kappa shape index (κ1) is 20.9. The van der Waals surface area contributed by atoms with Crippen molar-refractivity contribution in [1.82, 2.24) is 5.32 Å². The summed E-state index contributed by atoms with van der Waals surface area (Å²) < 4.78 is 0. The van der Waals surface area contributed by atoms with Gasteiger partial charge in [0.15, 0.2) is 0 Å². The van der Waals surface area contributed by atoms with E-state index in [1.54, 1.807) is 5.56 Å². The molecule has 1 aromatic rings. The Balaban J connectivity index is 1.43. The molecule has 5 unspecified atom stereocenters. The number of hydrogen-bond donors (Lipinski definition) is 2. The molecule has 2 nitrogen and oxygen atoms in total. The average molecular weight is 425 g/mol. The Hall–Kier alpha value is -0.930. The van der Waals surface area contributed by atoms with Crippen LogP contribution in [-0.4, -0.2) is 17.6 Å². The molecule has 3 N–H and O–H groups in total. The fourth-order valence-electron chi connectivity index (χ4n) is 8.60. The maximum absolute atomic E-state index is 6.30. The molecule has 5 saturated carbocycles. The van der Waals surface area contributed by atoms with Gasteiger partial charge in [-0.05, 0) is 98.5 Å². The van der Waals surface area contributed by atoms with Crippen LogP contribution in [0.4, 0.5) is 0 Å². The molecular formula is C27H40N2S. The van der Waals surface area contributed by atoms with Crippen LogP contribution in [0.2, 0.25) is 0 Å². The number of rotatable bonds is 6. The predicted octanol–water partition coefficient (Wildman–Crippen LogP) is 5.99. The summed E-state index contributed by atoms with van der Waals surface area (Å²) in [6, 6.07) is 12.0. The van der Waals surface area contributed by atoms with Crippen molar-refractivity contribution in [2.24, 2.45) is 34.3 Å². The lowest BCUT2D eigenvalue weighted by atomic mass is 9.56. The van der Waals surface area contributed by atoms with E-state index >= 15 is 0 Å². The smallest absolute Gasteiger partial charge is 0.0821 e. The molecule has 4 bridgehead atoms. The lowest BCUT2D eigenvalue weighted by Crippen LogP contribution is -2.47. The molecule has 3 heteroatoms. The molecule has 0 saturated heterocycles. The maximum Gasteiger partial charge on any atom is 0.0821 e. The Bertz CT molecular complexity index is 785. The Morgan fingerprint density at radius 3 is 2.50 bits per heavy atom. The van der Waals surface area contributed by atoms with Crippen LogP contribution in [0.25, 0.3) is 0 Å². The molecule has 0 heterocycles. The average Bonchev–Trinajstić information content (AvgIpc) is 3.12. The Morgan fingerprint density at radius 2 is 1.83 bits per heavy atom. The molecule has 5 aliphatic rings. The quantitative estimate of drug-likeness (QED) is 0.551. The first-order valence-electron chi connectivity index (χ1n) is 12.5. The van der Waals surface area contributed by atoms with Crippen molar-refractivity contribution in [3.63, 3.8) is 0 Å². The molecule has 6 rings (SSSR count). The second-order valence-electron chi connectivity index (χ2n) is 11.5. The molecule has 5 atom stereocenters. The molecule has 0 aliphatic heterocycles. The molecule has 30 heavy (non-hydrogen) atoms. The fraction of sp³-hybridized carbons (Fsp3) is 0.741. The summed E-state index contributed by atoms with van der Waals surface area (Å²) in [6.07, 6.45) is 13.0. The van der Waals surface area contributed by atoms with Gasteiger partial charge < -0.3 is 11.1 Å². The van der Waals surface area contributed by atoms with Gasteiger partial charge in [0.1, 0.15) is 0 Å². The van der Waals surface area contributed by atoms with Gasteiger partial charge in [0.05, 0.1) is 4.99 Å². The molecule has 5 fully saturated rings. The highest BCUT2D eigenvalue weighted by Crippen LogP contribution is 2.77. The summed E-state index contributed by atoms with van der Waals surface area (Å²) in [7, 11) is 0. The lowest BCUT2D eigenvalue weighted by molar-refractivity contribution is 0.0619. The summed E-state index contributed by atoms with van der Waals surface area (Å²) in [5, 5.41) is 3.95. The second kappa shape index (κ2) is 7.59. The maximum atomic E-state index is 6.30. The summed E-state index contributed by atoms with van der Waals surface area (Å²) in [5.74, 6) is 2.28. The van der Waals surface area contributed by atoms with Crippen molar-refractivity contribution in [2.45, 2.75) is 89.5 Å². The zero-order valence-electron chi connectivity index (χ0n) is 19.0. The van der Waals surface area contributed by atoms with Crippen LogP contribution in [0, 0.1) is 28.6 Å². The molecule has 164 valence electrons. The number of nitrogens with one attached hydrogen (secondary N) is 1. The van der Waals surface area contributed by atoms with Crippen LogP contribution in [-0.2, 0) is 5.41 Å². The van der Waals surface area contributed by atoms with E-state index < -0.39 is 0 Å². The van der Waals surface area contributed by atoms with Crippen LogP contribution < -0.4 is 11.1 Å². The van der Waals surface area contributed by atoms with Gasteiger partial charge in [-0.15, -0.1) is 0 Å². The van der Waals surface area contributed by atoms with E-state index in [0.29, 0.717) is 16.9 Å². The van der Waals surface area contributed by atoms with Crippen molar-refractivity contribution in [1.29, 1.82) is 0 Å². The van der Waals surface area contributed by atoms with Crippen molar-refractivity contribution < 1.29 is 0 Å². The van der Waals surface area contributed by atoms with Crippen molar-refractivity contribution >= 4 is 17.2 Å². The van der Waals surface area contributed by atoms with Crippen molar-refractivity contribution in [3.8, 4) is 0 Å². The predicted molar refractivity (Wildman–Crippen MR) is 130 cm³/mol. The molecule has 0 amide bonds. The fourth-order valence-corrected chi connectivity index (χ4v) is 9.07. The van der Waals surface area contributed by atoms with E-state index in [4.69, 9.17) is 18.0 Å². The first-order valence-corrected chi connectivity index (χ1v) is 12.9. The molecule has 1 aromatic carbocycles. The minimum atomic E-state index is 0.225. The van der Waals surface area contributed by atoms with Gasteiger partial charge in [-0.2, -0.15) is 0 Å². The standard InChI is InChI=1S/C27H40N2S/c1-3-13-25(2)21-14-26(20-7-5-4-6-8-20)16-23(25)27(15-21,18-26)24(30)29-22-11-9-19(17-28)10-12-22/h4-8,19,21-23H,3,9-18,28H2,1-2H3,(H,29,30). The highest BCUT2D eigenvalue weighted by Gasteiger charge is 2.72. The van der Waals surface area contributed by atoms with Gasteiger partial charge in [0.25, 0.3) is 0 Å². The van der Waals surface area contributed by atoms with Crippen LogP contribution in [0.3, 0.4) is 0 Å². The minimum Gasteiger partial charge on any atom is -0.376 e. The van der Waals surface area contributed by atoms with E-state index in [-0.39, 0.29) is 5.41 Å². The normalized spacial score (nSPS) is 44.4. The van der Waals surface area contributed by atoms with Gasteiger partial charge in [-0.1, -0.05) is 62.8 Å². The number of thiocarbonyl (C=S) groups is 1. The topological polar surface area (TPSA) is 38.0 Å². The van der Waals surface area contributed by atoms with Crippen LogP contribution in [0.15, 0.2) is 30.3 Å². The zero-order chi connectivity index (χ0) is 21.0. The third-order valence-corrected chi connectivity index (χ3v) is 10.6. The second-order valence-corrected chi connectivity index (χ2v) is 11.9. The molecule has 5 aliphatic carbocycles. The highest BCUT2D eigenvalue weighted by atomic mass is 32.1. The summed E-state index contributed by atoms with van der Waals surface area (Å²) in [4.78, 5) is 1.23. The van der Waals surface area contributed by atoms with E-state index in [9.17, 15) is 0 Å². The van der Waals surface area contributed by atoms with E-state index in [0.717, 1.165) is 24.3 Å². The number of hydrogen-bond acceptors (Lipinski definition) is 2. The monoisotopic (exact) mass is 424 g/mol. The largest absolute Gasteiger partial charge is 0.376 e. The third kappa shape index (κ3) is 3.02. The third-order valence-electron chi connectivity index (χ3n) is 10.0. The molecule has 0 radical (unpaired) electrons. The van der Waals surface area contributed by atoms with Crippen molar-refractivity contribution in [2.75, 3.05) is 6.54 Å². The summed E-state index contributed by atoms with van der Waals surface area (Å²) in [6.45, 7) is 5.83. The SMILES string of the molecule is CCCC1(C)C2CC3(c4ccccc4)CC1C(C(=S)NC1CCC(CN)CC1)(C2)C3. The van der Waals surface area contributed by atoms with E-state index in [1.807, 2.05) is 0 Å². The van der Waals surface area contributed by atoms with Crippen molar-refractivity contribution in [3.05, 3.63) is 35.9 Å². The summed E-state index contributed by atoms with van der Waals surface area (Å²) >= 11 is 6.30. The van der Waals surface area contributed by atoms with Gasteiger partial charge >= 0.3 is 0 Å². The van der Waals surface area contributed by atoms with E-state index in [2.05, 4.69) is 49.5 Å². The highest BCUT2D eigenvalue weighted by molar-refractivity contribution is 7.80. The number of benzene rings is 1. The summed E-state index contributed by atoms with van der Waals surface area (Å²) in [5.41, 5.74) is 8.54. The van der Waals surface area contributed by atoms with Gasteiger partial charge in [-0.25, -0.2) is 0 Å². The van der Waals surface area contributed by atoms with E-state index in [1.165, 1.54) is 69.2 Å². The van der Waals surface area contributed by atoms with Crippen LogP contribution >= 0.6 is 12.2 Å². The van der Waals surface area contributed by atoms with Gasteiger partial charge in [-0.3, -0.25) is 0 Å². The first-order chi connectivity index (χ1) is 14.5. The Kier molecular flexibility index (Phi) is 5.30. The van der Waals surface area contributed by atoms with Crippen LogP contribution in [0.5, 0.6) is 0 Å². The minimum absolute atomic E-state index is 0.225. The number of nitrogens with two attached hydrogens (primary N) is 1. The molecule has 0 aromatic heterocycles. The van der Waals surface area contributed by atoms with Gasteiger partial charge in [0.2, 0.25) is 0 Å². The molecular weight excluding hydrogens is 384 g/mol. The zero-order valence-corrected chi connectivity index (χ0v) is 19.8. The Morgan fingerprint density at radius 1 is 1.10 bits per heavy atom. The lowest BCUT2D eigenvalue weighted by Gasteiger charge is -2.48. The van der Waals surface area contributed by atoms with Gasteiger partial charge in [0, 0.05) is 11.5 Å². The van der Waals surface area contributed by atoms with Crippen LogP contribution in [0.1, 0.15) is 83.6 Å².